The van der Waals surface area contributed by atoms with Gasteiger partial charge in [0.25, 0.3) is 11.6 Å². The molecule has 0 saturated carbocycles. The van der Waals surface area contributed by atoms with E-state index in [1.807, 2.05) is 6.92 Å². The summed E-state index contributed by atoms with van der Waals surface area (Å²) >= 11 is 5.95. The molecule has 0 spiro atoms. The number of aryl methyl sites for hydroxylation is 1. The monoisotopic (exact) mass is 420 g/mol. The van der Waals surface area contributed by atoms with E-state index in [-0.39, 0.29) is 12.1 Å². The average molecular weight is 421 g/mol. The molecular weight excluding hydrogens is 400 g/mol. The Kier molecular flexibility index (Phi) is 7.97. The van der Waals surface area contributed by atoms with Gasteiger partial charge in [-0.3, -0.25) is 19.7 Å². The molecule has 29 heavy (non-hydrogen) atoms. The number of hydrogen-bond donors (Lipinski definition) is 1. The molecule has 0 bridgehead atoms. The van der Waals surface area contributed by atoms with Gasteiger partial charge in [0.05, 0.1) is 22.8 Å². The molecule has 0 aromatic heterocycles. The highest BCUT2D eigenvalue weighted by atomic mass is 35.5. The van der Waals surface area contributed by atoms with Crippen molar-refractivity contribution in [2.24, 2.45) is 0 Å². The van der Waals surface area contributed by atoms with Crippen LogP contribution in [0.25, 0.3) is 0 Å². The zero-order valence-electron chi connectivity index (χ0n) is 16.1. The molecule has 1 amide bonds. The van der Waals surface area contributed by atoms with Gasteiger partial charge in [-0.2, -0.15) is 0 Å². The molecule has 2 aromatic carbocycles. The van der Waals surface area contributed by atoms with Crippen LogP contribution in [0, 0.1) is 24.0 Å². The summed E-state index contributed by atoms with van der Waals surface area (Å²) in [6, 6.07) is 9.64. The van der Waals surface area contributed by atoms with Crippen molar-refractivity contribution in [1.82, 2.24) is 0 Å². The fourth-order valence-electron chi connectivity index (χ4n) is 2.47. The third kappa shape index (κ3) is 6.76. The van der Waals surface area contributed by atoms with Gasteiger partial charge in [0.2, 0.25) is 0 Å². The van der Waals surface area contributed by atoms with E-state index in [9.17, 15) is 19.7 Å². The molecule has 2 aromatic rings. The maximum atomic E-state index is 11.9. The maximum absolute atomic E-state index is 11.9. The number of hydrogen-bond acceptors (Lipinski definition) is 6. The highest BCUT2D eigenvalue weighted by molar-refractivity contribution is 6.31. The first kappa shape index (κ1) is 22.2. The predicted octanol–water partition coefficient (Wildman–Crippen LogP) is 4.21. The van der Waals surface area contributed by atoms with Gasteiger partial charge in [-0.05, 0) is 50.1 Å². The van der Waals surface area contributed by atoms with Crippen LogP contribution in [0.3, 0.4) is 0 Å². The van der Waals surface area contributed by atoms with Crippen LogP contribution < -0.4 is 10.1 Å². The second-order valence-corrected chi connectivity index (χ2v) is 6.69. The quantitative estimate of drug-likeness (QED) is 0.282. The zero-order chi connectivity index (χ0) is 21.4. The molecule has 0 aliphatic heterocycles. The molecule has 0 unspecified atom stereocenters. The average Bonchev–Trinajstić information content (AvgIpc) is 2.67. The van der Waals surface area contributed by atoms with Gasteiger partial charge in [0.15, 0.2) is 6.61 Å². The number of benzene rings is 2. The van der Waals surface area contributed by atoms with Crippen molar-refractivity contribution in [2.45, 2.75) is 26.7 Å². The van der Waals surface area contributed by atoms with E-state index >= 15 is 0 Å². The van der Waals surface area contributed by atoms with E-state index in [0.717, 1.165) is 5.56 Å². The summed E-state index contributed by atoms with van der Waals surface area (Å²) in [6.07, 6.45) is 0.516. The fourth-order valence-corrected chi connectivity index (χ4v) is 2.59. The highest BCUT2D eigenvalue weighted by Gasteiger charge is 2.15. The number of halogens is 1. The SMILES string of the molecule is Cc1cc(OCCCC(=O)OCC(=O)Nc2cccc([N+](=O)[O-])c2C)ccc1Cl. The molecular formula is C20H21ClN2O6. The zero-order valence-corrected chi connectivity index (χ0v) is 16.8. The van der Waals surface area contributed by atoms with Crippen molar-refractivity contribution in [3.63, 3.8) is 0 Å². The lowest BCUT2D eigenvalue weighted by molar-refractivity contribution is -0.385. The first-order chi connectivity index (χ1) is 13.8. The van der Waals surface area contributed by atoms with E-state index in [4.69, 9.17) is 21.1 Å². The minimum atomic E-state index is -0.574. The molecule has 0 saturated heterocycles. The number of nitro groups is 1. The predicted molar refractivity (Wildman–Crippen MR) is 108 cm³/mol. The van der Waals surface area contributed by atoms with Gasteiger partial charge in [-0.25, -0.2) is 0 Å². The minimum Gasteiger partial charge on any atom is -0.494 e. The summed E-state index contributed by atoms with van der Waals surface area (Å²) in [7, 11) is 0. The lowest BCUT2D eigenvalue weighted by atomic mass is 10.1. The number of nitrogens with zero attached hydrogens (tertiary/aromatic N) is 1. The molecule has 9 heteroatoms. The summed E-state index contributed by atoms with van der Waals surface area (Å²) in [6.45, 7) is 3.24. The number of rotatable bonds is 9. The second kappa shape index (κ2) is 10.4. The lowest BCUT2D eigenvalue weighted by Gasteiger charge is -2.10. The van der Waals surface area contributed by atoms with Gasteiger partial charge in [-0.15, -0.1) is 0 Å². The minimum absolute atomic E-state index is 0.0929. The first-order valence-corrected chi connectivity index (χ1v) is 9.24. The third-order valence-corrected chi connectivity index (χ3v) is 4.49. The number of carbonyl (C=O) groups is 2. The summed E-state index contributed by atoms with van der Waals surface area (Å²) in [4.78, 5) is 34.1. The van der Waals surface area contributed by atoms with Crippen LogP contribution in [0.1, 0.15) is 24.0 Å². The van der Waals surface area contributed by atoms with Crippen LogP contribution >= 0.6 is 11.6 Å². The van der Waals surface area contributed by atoms with E-state index < -0.39 is 23.4 Å². The number of amides is 1. The van der Waals surface area contributed by atoms with Gasteiger partial charge >= 0.3 is 5.97 Å². The Morgan fingerprint density at radius 2 is 1.97 bits per heavy atom. The van der Waals surface area contributed by atoms with Crippen LogP contribution in [0.15, 0.2) is 36.4 Å². The van der Waals surface area contributed by atoms with Crippen molar-refractivity contribution in [3.05, 3.63) is 62.7 Å². The van der Waals surface area contributed by atoms with Crippen LogP contribution in [0.2, 0.25) is 5.02 Å². The number of esters is 1. The Hall–Kier alpha value is -3.13. The fraction of sp³-hybridized carbons (Fsp3) is 0.300. The van der Waals surface area contributed by atoms with E-state index in [2.05, 4.69) is 5.32 Å². The number of nitrogens with one attached hydrogen (secondary N) is 1. The molecule has 0 aliphatic carbocycles. The lowest BCUT2D eigenvalue weighted by Crippen LogP contribution is -2.21. The maximum Gasteiger partial charge on any atom is 0.306 e. The molecule has 1 N–H and O–H groups in total. The number of carbonyl (C=O) groups excluding carboxylic acids is 2. The van der Waals surface area contributed by atoms with Crippen LogP contribution in [0.5, 0.6) is 5.75 Å². The normalized spacial score (nSPS) is 10.3. The van der Waals surface area contributed by atoms with Crippen LogP contribution in [-0.2, 0) is 14.3 Å². The van der Waals surface area contributed by atoms with Gasteiger partial charge in [0, 0.05) is 17.5 Å². The highest BCUT2D eigenvalue weighted by Crippen LogP contribution is 2.25. The topological polar surface area (TPSA) is 108 Å². The molecule has 8 nitrogen and oxygen atoms in total. The molecule has 0 radical (unpaired) electrons. The molecule has 0 atom stereocenters. The molecule has 154 valence electrons. The number of anilines is 1. The molecule has 0 aliphatic rings. The van der Waals surface area contributed by atoms with Crippen molar-refractivity contribution in [3.8, 4) is 5.75 Å². The molecule has 0 heterocycles. The van der Waals surface area contributed by atoms with Crippen LogP contribution in [0.4, 0.5) is 11.4 Å². The van der Waals surface area contributed by atoms with Crippen molar-refractivity contribution in [1.29, 1.82) is 0 Å². The van der Waals surface area contributed by atoms with Crippen LogP contribution in [-0.4, -0.2) is 30.0 Å². The Bertz CT molecular complexity index is 916. The summed E-state index contributed by atoms with van der Waals surface area (Å²) < 4.78 is 10.5. The van der Waals surface area contributed by atoms with Crippen molar-refractivity contribution in [2.75, 3.05) is 18.5 Å². The Balaban J connectivity index is 1.71. The molecule has 0 fully saturated rings. The van der Waals surface area contributed by atoms with E-state index in [1.165, 1.54) is 25.1 Å². The number of nitro benzene ring substituents is 1. The third-order valence-electron chi connectivity index (χ3n) is 4.06. The largest absolute Gasteiger partial charge is 0.494 e. The first-order valence-electron chi connectivity index (χ1n) is 8.86. The Morgan fingerprint density at radius 1 is 1.21 bits per heavy atom. The summed E-state index contributed by atoms with van der Waals surface area (Å²) in [5, 5.41) is 14.1. The Labute approximate surface area is 172 Å². The second-order valence-electron chi connectivity index (χ2n) is 6.28. The van der Waals surface area contributed by atoms with Gasteiger partial charge in [-0.1, -0.05) is 17.7 Å². The van der Waals surface area contributed by atoms with Crippen molar-refractivity contribution < 1.29 is 24.0 Å². The Morgan fingerprint density at radius 3 is 2.66 bits per heavy atom. The number of ether oxygens (including phenoxy) is 2. The van der Waals surface area contributed by atoms with E-state index in [0.29, 0.717) is 35.1 Å². The van der Waals surface area contributed by atoms with Crippen molar-refractivity contribution >= 4 is 34.9 Å². The van der Waals surface area contributed by atoms with Gasteiger partial charge < -0.3 is 14.8 Å². The molecule has 2 rings (SSSR count). The van der Waals surface area contributed by atoms with E-state index in [1.54, 1.807) is 18.2 Å². The summed E-state index contributed by atoms with van der Waals surface area (Å²) in [5.41, 5.74) is 1.42. The van der Waals surface area contributed by atoms with Gasteiger partial charge in [0.1, 0.15) is 5.75 Å². The summed E-state index contributed by atoms with van der Waals surface area (Å²) in [5.74, 6) is -0.450. The standard InChI is InChI=1S/C20H21ClN2O6/c1-13-11-15(8-9-16(13)21)28-10-4-7-20(25)29-12-19(24)22-17-5-3-6-18(14(17)2)23(26)27/h3,5-6,8-9,11H,4,7,10,12H2,1-2H3,(H,22,24). The smallest absolute Gasteiger partial charge is 0.306 e.